The van der Waals surface area contributed by atoms with E-state index in [1.165, 1.54) is 6.20 Å². The first kappa shape index (κ1) is 10.9. The van der Waals surface area contributed by atoms with E-state index >= 15 is 0 Å². The van der Waals surface area contributed by atoms with E-state index in [9.17, 15) is 4.79 Å². The maximum Gasteiger partial charge on any atom is 0.273 e. The molecule has 2 heterocycles. The summed E-state index contributed by atoms with van der Waals surface area (Å²) in [5.74, 6) is -0.148. The molecule has 1 aromatic rings. The Kier molecular flexibility index (Phi) is 3.09. The maximum absolute atomic E-state index is 11.9. The summed E-state index contributed by atoms with van der Waals surface area (Å²) in [6.45, 7) is 1.39. The summed E-state index contributed by atoms with van der Waals surface area (Å²) in [6, 6.07) is 0. The Hall–Kier alpha value is -1.56. The Morgan fingerprint density at radius 3 is 3.19 bits per heavy atom. The van der Waals surface area contributed by atoms with Crippen LogP contribution in [0, 0.1) is 0 Å². The Labute approximate surface area is 93.8 Å². The van der Waals surface area contributed by atoms with E-state index in [4.69, 9.17) is 10.5 Å². The van der Waals surface area contributed by atoms with E-state index < -0.39 is 0 Å². The van der Waals surface area contributed by atoms with Crippen LogP contribution in [-0.2, 0) is 4.74 Å². The van der Waals surface area contributed by atoms with Gasteiger partial charge in [0.2, 0.25) is 0 Å². The zero-order chi connectivity index (χ0) is 11.5. The fourth-order valence-corrected chi connectivity index (χ4v) is 1.83. The lowest BCUT2D eigenvalue weighted by Gasteiger charge is -2.20. The SMILES string of the molecule is CN(CC1CCCO1)C(=O)c1[nH]ncc1N. The van der Waals surface area contributed by atoms with Gasteiger partial charge in [0.15, 0.2) is 0 Å². The predicted molar refractivity (Wildman–Crippen MR) is 58.9 cm³/mol. The molecule has 0 aromatic carbocycles. The molecule has 0 spiro atoms. The lowest BCUT2D eigenvalue weighted by atomic mass is 10.2. The van der Waals surface area contributed by atoms with Crippen molar-refractivity contribution in [1.82, 2.24) is 15.1 Å². The molecule has 0 bridgehead atoms. The van der Waals surface area contributed by atoms with Gasteiger partial charge in [-0.05, 0) is 12.8 Å². The molecular formula is C10H16N4O2. The number of nitrogens with two attached hydrogens (primary N) is 1. The third-order valence-corrected chi connectivity index (χ3v) is 2.73. The van der Waals surface area contributed by atoms with Gasteiger partial charge in [-0.2, -0.15) is 5.10 Å². The van der Waals surface area contributed by atoms with Gasteiger partial charge in [0.25, 0.3) is 5.91 Å². The van der Waals surface area contributed by atoms with Crippen molar-refractivity contribution in [3.63, 3.8) is 0 Å². The Bertz CT molecular complexity index is 371. The van der Waals surface area contributed by atoms with Crippen molar-refractivity contribution in [1.29, 1.82) is 0 Å². The highest BCUT2D eigenvalue weighted by Gasteiger charge is 2.22. The van der Waals surface area contributed by atoms with Crippen molar-refractivity contribution < 1.29 is 9.53 Å². The van der Waals surface area contributed by atoms with Gasteiger partial charge in [-0.3, -0.25) is 9.89 Å². The van der Waals surface area contributed by atoms with Gasteiger partial charge in [0.05, 0.1) is 18.0 Å². The molecule has 1 aliphatic rings. The lowest BCUT2D eigenvalue weighted by Crippen LogP contribution is -2.34. The molecule has 2 rings (SSSR count). The maximum atomic E-state index is 11.9. The first-order valence-corrected chi connectivity index (χ1v) is 5.34. The average molecular weight is 224 g/mol. The van der Waals surface area contributed by atoms with E-state index in [0.29, 0.717) is 17.9 Å². The lowest BCUT2D eigenvalue weighted by molar-refractivity contribution is 0.0583. The fourth-order valence-electron chi connectivity index (χ4n) is 1.83. The van der Waals surface area contributed by atoms with Crippen LogP contribution >= 0.6 is 0 Å². The van der Waals surface area contributed by atoms with Crippen molar-refractivity contribution in [2.45, 2.75) is 18.9 Å². The third kappa shape index (κ3) is 2.16. The Morgan fingerprint density at radius 1 is 1.81 bits per heavy atom. The monoisotopic (exact) mass is 224 g/mol. The van der Waals surface area contributed by atoms with Crippen LogP contribution < -0.4 is 5.73 Å². The summed E-state index contributed by atoms with van der Waals surface area (Å²) in [5, 5.41) is 6.33. The molecule has 3 N–H and O–H groups in total. The van der Waals surface area contributed by atoms with Crippen molar-refractivity contribution >= 4 is 11.6 Å². The summed E-state index contributed by atoms with van der Waals surface area (Å²) >= 11 is 0. The molecule has 6 nitrogen and oxygen atoms in total. The normalized spacial score (nSPS) is 19.9. The first-order chi connectivity index (χ1) is 7.68. The van der Waals surface area contributed by atoms with Crippen LogP contribution in [0.15, 0.2) is 6.20 Å². The number of nitrogens with one attached hydrogen (secondary N) is 1. The number of likely N-dealkylation sites (N-methyl/N-ethyl adjacent to an activating group) is 1. The van der Waals surface area contributed by atoms with Gasteiger partial charge >= 0.3 is 0 Å². The molecule has 1 fully saturated rings. The minimum absolute atomic E-state index is 0.148. The highest BCUT2D eigenvalue weighted by Crippen LogP contribution is 2.15. The number of carbonyl (C=O) groups excluding carboxylic acids is 1. The molecule has 0 aliphatic carbocycles. The summed E-state index contributed by atoms with van der Waals surface area (Å²) in [4.78, 5) is 13.5. The number of nitrogens with zero attached hydrogens (tertiary/aromatic N) is 2. The molecule has 16 heavy (non-hydrogen) atoms. The van der Waals surface area contributed by atoms with E-state index in [0.717, 1.165) is 19.4 Å². The van der Waals surface area contributed by atoms with Gasteiger partial charge in [-0.25, -0.2) is 0 Å². The molecule has 1 aromatic heterocycles. The molecular weight excluding hydrogens is 208 g/mol. The second-order valence-corrected chi connectivity index (χ2v) is 4.02. The van der Waals surface area contributed by atoms with Crippen molar-refractivity contribution in [3.8, 4) is 0 Å². The van der Waals surface area contributed by atoms with Crippen molar-refractivity contribution in [2.24, 2.45) is 0 Å². The zero-order valence-electron chi connectivity index (χ0n) is 9.27. The van der Waals surface area contributed by atoms with Gasteiger partial charge in [-0.15, -0.1) is 0 Å². The number of hydrogen-bond acceptors (Lipinski definition) is 4. The van der Waals surface area contributed by atoms with Crippen LogP contribution in [0.5, 0.6) is 0 Å². The molecule has 0 radical (unpaired) electrons. The summed E-state index contributed by atoms with van der Waals surface area (Å²) in [7, 11) is 1.74. The van der Waals surface area contributed by atoms with Crippen molar-refractivity contribution in [3.05, 3.63) is 11.9 Å². The largest absolute Gasteiger partial charge is 0.396 e. The van der Waals surface area contributed by atoms with E-state index in [1.54, 1.807) is 11.9 Å². The van der Waals surface area contributed by atoms with Gasteiger partial charge in [0.1, 0.15) is 5.69 Å². The highest BCUT2D eigenvalue weighted by molar-refractivity contribution is 5.96. The molecule has 1 saturated heterocycles. The first-order valence-electron chi connectivity index (χ1n) is 5.34. The molecule has 1 atom stereocenters. The second-order valence-electron chi connectivity index (χ2n) is 4.02. The molecule has 1 unspecified atom stereocenters. The minimum atomic E-state index is -0.148. The van der Waals surface area contributed by atoms with Gasteiger partial charge in [0, 0.05) is 20.2 Å². The van der Waals surface area contributed by atoms with Crippen LogP contribution in [0.4, 0.5) is 5.69 Å². The van der Waals surface area contributed by atoms with Crippen LogP contribution in [0.25, 0.3) is 0 Å². The Balaban J connectivity index is 1.96. The molecule has 6 heteroatoms. The second kappa shape index (κ2) is 4.52. The van der Waals surface area contributed by atoms with Crippen LogP contribution in [0.3, 0.4) is 0 Å². The third-order valence-electron chi connectivity index (χ3n) is 2.73. The summed E-state index contributed by atoms with van der Waals surface area (Å²) < 4.78 is 5.47. The number of H-pyrrole nitrogens is 1. The van der Waals surface area contributed by atoms with Crippen LogP contribution in [0.1, 0.15) is 23.3 Å². The molecule has 88 valence electrons. The highest BCUT2D eigenvalue weighted by atomic mass is 16.5. The smallest absolute Gasteiger partial charge is 0.273 e. The van der Waals surface area contributed by atoms with E-state index in [1.807, 2.05) is 0 Å². The predicted octanol–water partition coefficient (Wildman–Crippen LogP) is 0.243. The number of aromatic nitrogens is 2. The average Bonchev–Trinajstić information content (AvgIpc) is 2.88. The molecule has 1 amide bonds. The number of nitrogen functional groups attached to an aromatic ring is 1. The van der Waals surface area contributed by atoms with Crippen LogP contribution in [-0.4, -0.2) is 47.3 Å². The van der Waals surface area contributed by atoms with Crippen LogP contribution in [0.2, 0.25) is 0 Å². The summed E-state index contributed by atoms with van der Waals surface area (Å²) in [6.07, 6.45) is 3.67. The number of amides is 1. The van der Waals surface area contributed by atoms with Crippen molar-refractivity contribution in [2.75, 3.05) is 25.9 Å². The standard InChI is InChI=1S/C10H16N4O2/c1-14(6-7-3-2-4-16-7)10(15)9-8(11)5-12-13-9/h5,7H,2-4,6,11H2,1H3,(H,12,13). The Morgan fingerprint density at radius 2 is 2.62 bits per heavy atom. The quantitative estimate of drug-likeness (QED) is 0.770. The molecule has 1 aliphatic heterocycles. The minimum Gasteiger partial charge on any atom is -0.396 e. The van der Waals surface area contributed by atoms with E-state index in [-0.39, 0.29) is 12.0 Å². The number of ether oxygens (including phenoxy) is 1. The van der Waals surface area contributed by atoms with E-state index in [2.05, 4.69) is 10.2 Å². The molecule has 0 saturated carbocycles. The topological polar surface area (TPSA) is 84.2 Å². The number of rotatable bonds is 3. The number of anilines is 1. The number of carbonyl (C=O) groups is 1. The zero-order valence-corrected chi connectivity index (χ0v) is 9.27. The van der Waals surface area contributed by atoms with Gasteiger partial charge in [-0.1, -0.05) is 0 Å². The number of hydrogen-bond donors (Lipinski definition) is 2. The fraction of sp³-hybridized carbons (Fsp3) is 0.600. The summed E-state index contributed by atoms with van der Waals surface area (Å²) in [5.41, 5.74) is 6.34. The number of aromatic amines is 1. The van der Waals surface area contributed by atoms with Gasteiger partial charge < -0.3 is 15.4 Å².